The van der Waals surface area contributed by atoms with Crippen LogP contribution >= 0.6 is 0 Å². The highest BCUT2D eigenvalue weighted by Gasteiger charge is 2.35. The minimum absolute atomic E-state index is 0.0643. The number of nitrogens with zero attached hydrogens (tertiary/aromatic N) is 2. The summed E-state index contributed by atoms with van der Waals surface area (Å²) in [5, 5.41) is 2.93. The van der Waals surface area contributed by atoms with Gasteiger partial charge in [-0.15, -0.1) is 0 Å². The Bertz CT molecular complexity index is 1140. The molecule has 0 spiro atoms. The Kier molecular flexibility index (Phi) is 5.98. The fraction of sp³-hybridized carbons (Fsp3) is 0.200. The Morgan fingerprint density at radius 1 is 1.03 bits per heavy atom. The molecule has 4 rings (SSSR count). The van der Waals surface area contributed by atoms with Crippen LogP contribution in [0.25, 0.3) is 0 Å². The van der Waals surface area contributed by atoms with Crippen molar-refractivity contribution in [3.05, 3.63) is 94.8 Å². The van der Waals surface area contributed by atoms with Crippen LogP contribution in [0.2, 0.25) is 0 Å². The van der Waals surface area contributed by atoms with E-state index in [0.29, 0.717) is 34.6 Å². The van der Waals surface area contributed by atoms with Gasteiger partial charge in [-0.05, 0) is 55.8 Å². The van der Waals surface area contributed by atoms with Gasteiger partial charge in [0.2, 0.25) is 0 Å². The van der Waals surface area contributed by atoms with Crippen LogP contribution in [0.15, 0.2) is 66.9 Å². The van der Waals surface area contributed by atoms with Gasteiger partial charge in [-0.1, -0.05) is 24.3 Å². The molecule has 0 bridgehead atoms. The van der Waals surface area contributed by atoms with E-state index >= 15 is 0 Å². The van der Waals surface area contributed by atoms with Gasteiger partial charge < -0.3 is 10.1 Å². The molecule has 1 aliphatic rings. The number of carbonyl (C=O) groups excluding carboxylic acids is 3. The van der Waals surface area contributed by atoms with Crippen LogP contribution in [0.1, 0.15) is 62.2 Å². The zero-order chi connectivity index (χ0) is 22.7. The van der Waals surface area contributed by atoms with Crippen molar-refractivity contribution in [3.63, 3.8) is 0 Å². The zero-order valence-electron chi connectivity index (χ0n) is 17.9. The highest BCUT2D eigenvalue weighted by atomic mass is 16.5. The number of hydrogen-bond acceptors (Lipinski definition) is 5. The van der Waals surface area contributed by atoms with Gasteiger partial charge in [-0.25, -0.2) is 0 Å². The molecule has 1 aliphatic heterocycles. The topological polar surface area (TPSA) is 88.6 Å². The predicted octanol–water partition coefficient (Wildman–Crippen LogP) is 3.77. The van der Waals surface area contributed by atoms with Crippen molar-refractivity contribution in [2.24, 2.45) is 0 Å². The molecule has 1 atom stereocenters. The maximum atomic E-state index is 13.1. The average Bonchev–Trinajstić information content (AvgIpc) is 3.05. The second-order valence-corrected chi connectivity index (χ2v) is 7.46. The van der Waals surface area contributed by atoms with E-state index in [1.54, 1.807) is 48.7 Å². The third-order valence-electron chi connectivity index (χ3n) is 5.29. The van der Waals surface area contributed by atoms with E-state index in [2.05, 4.69) is 10.3 Å². The normalized spacial score (nSPS) is 13.6. The number of carbonyl (C=O) groups is 3. The second-order valence-electron chi connectivity index (χ2n) is 7.46. The van der Waals surface area contributed by atoms with Gasteiger partial charge in [0.25, 0.3) is 17.7 Å². The van der Waals surface area contributed by atoms with Crippen LogP contribution < -0.4 is 10.1 Å². The third kappa shape index (κ3) is 4.09. The number of amides is 3. The molecule has 0 aliphatic carbocycles. The van der Waals surface area contributed by atoms with E-state index < -0.39 is 0 Å². The Labute approximate surface area is 186 Å². The van der Waals surface area contributed by atoms with Gasteiger partial charge in [0.05, 0.1) is 41.6 Å². The Morgan fingerprint density at radius 2 is 1.72 bits per heavy atom. The monoisotopic (exact) mass is 429 g/mol. The maximum Gasteiger partial charge on any atom is 0.261 e. The molecular formula is C25H23N3O4. The summed E-state index contributed by atoms with van der Waals surface area (Å²) in [6.45, 7) is 4.15. The Balaban J connectivity index is 1.58. The summed E-state index contributed by atoms with van der Waals surface area (Å²) in [4.78, 5) is 43.9. The number of pyridine rings is 1. The number of fused-ring (bicyclic) bond motifs is 1. The number of nitrogens with one attached hydrogen (secondary N) is 1. The number of hydrogen-bond donors (Lipinski definition) is 1. The first-order valence-corrected chi connectivity index (χ1v) is 10.4. The van der Waals surface area contributed by atoms with Crippen LogP contribution in [0.3, 0.4) is 0 Å². The van der Waals surface area contributed by atoms with Gasteiger partial charge >= 0.3 is 0 Å². The van der Waals surface area contributed by atoms with Crippen molar-refractivity contribution in [1.82, 2.24) is 15.2 Å². The SMILES string of the molecule is CCOc1ccc(CN2C(=O)c3ccccc3C2=O)cc1C(=O)NC(C)c1ccccn1. The molecule has 1 aromatic heterocycles. The number of rotatable bonds is 7. The molecule has 0 radical (unpaired) electrons. The van der Waals surface area contributed by atoms with E-state index in [4.69, 9.17) is 4.74 Å². The van der Waals surface area contributed by atoms with Crippen molar-refractivity contribution < 1.29 is 19.1 Å². The highest BCUT2D eigenvalue weighted by Crippen LogP contribution is 2.27. The molecule has 3 amide bonds. The van der Waals surface area contributed by atoms with Crippen LogP contribution in [-0.2, 0) is 6.54 Å². The summed E-state index contributed by atoms with van der Waals surface area (Å²) in [6.07, 6.45) is 1.67. The number of ether oxygens (including phenoxy) is 1. The first-order valence-electron chi connectivity index (χ1n) is 10.4. The fourth-order valence-electron chi connectivity index (χ4n) is 3.68. The van der Waals surface area contributed by atoms with E-state index in [-0.39, 0.29) is 30.3 Å². The lowest BCUT2D eigenvalue weighted by Crippen LogP contribution is -2.30. The Morgan fingerprint density at radius 3 is 2.34 bits per heavy atom. The lowest BCUT2D eigenvalue weighted by atomic mass is 10.1. The van der Waals surface area contributed by atoms with Crippen molar-refractivity contribution in [3.8, 4) is 5.75 Å². The molecular weight excluding hydrogens is 406 g/mol. The average molecular weight is 429 g/mol. The van der Waals surface area contributed by atoms with E-state index in [1.807, 2.05) is 32.0 Å². The maximum absolute atomic E-state index is 13.1. The van der Waals surface area contributed by atoms with Crippen LogP contribution in [-0.4, -0.2) is 34.2 Å². The molecule has 1 N–H and O–H groups in total. The van der Waals surface area contributed by atoms with Crippen LogP contribution in [0.5, 0.6) is 5.75 Å². The first kappa shape index (κ1) is 21.2. The summed E-state index contributed by atoms with van der Waals surface area (Å²) < 4.78 is 5.64. The van der Waals surface area contributed by atoms with Gasteiger partial charge in [0.15, 0.2) is 0 Å². The third-order valence-corrected chi connectivity index (χ3v) is 5.29. The molecule has 0 saturated heterocycles. The van der Waals surface area contributed by atoms with E-state index in [0.717, 1.165) is 5.69 Å². The summed E-state index contributed by atoms with van der Waals surface area (Å²) in [5.41, 5.74) is 2.51. The van der Waals surface area contributed by atoms with E-state index in [1.165, 1.54) is 4.90 Å². The number of aromatic nitrogens is 1. The molecule has 7 heteroatoms. The van der Waals surface area contributed by atoms with Gasteiger partial charge in [0, 0.05) is 6.20 Å². The Hall–Kier alpha value is -4.00. The smallest absolute Gasteiger partial charge is 0.261 e. The number of imide groups is 1. The first-order chi connectivity index (χ1) is 15.5. The molecule has 32 heavy (non-hydrogen) atoms. The van der Waals surface area contributed by atoms with Crippen molar-refractivity contribution in [2.75, 3.05) is 6.61 Å². The largest absolute Gasteiger partial charge is 0.493 e. The van der Waals surface area contributed by atoms with E-state index in [9.17, 15) is 14.4 Å². The molecule has 162 valence electrons. The van der Waals surface area contributed by atoms with Gasteiger partial charge in [-0.2, -0.15) is 0 Å². The summed E-state index contributed by atoms with van der Waals surface area (Å²) in [7, 11) is 0. The van der Waals surface area contributed by atoms with Crippen LogP contribution in [0.4, 0.5) is 0 Å². The summed E-state index contributed by atoms with van der Waals surface area (Å²) in [5.74, 6) is -0.566. The standard InChI is InChI=1S/C25H23N3O4/c1-3-32-22-12-11-17(15-28-24(30)18-8-4-5-9-19(18)25(28)31)14-20(22)23(29)27-16(2)21-10-6-7-13-26-21/h4-14,16H,3,15H2,1-2H3,(H,27,29). The highest BCUT2D eigenvalue weighted by molar-refractivity contribution is 6.21. The van der Waals surface area contributed by atoms with Crippen molar-refractivity contribution in [1.29, 1.82) is 0 Å². The molecule has 2 heterocycles. The summed E-state index contributed by atoms with van der Waals surface area (Å²) in [6, 6.07) is 17.1. The predicted molar refractivity (Wildman–Crippen MR) is 118 cm³/mol. The van der Waals surface area contributed by atoms with Crippen LogP contribution in [0, 0.1) is 0 Å². The second kappa shape index (κ2) is 9.01. The quantitative estimate of drug-likeness (QED) is 0.578. The lowest BCUT2D eigenvalue weighted by molar-refractivity contribution is 0.0642. The van der Waals surface area contributed by atoms with Crippen molar-refractivity contribution in [2.45, 2.75) is 26.4 Å². The molecule has 0 fully saturated rings. The number of benzene rings is 2. The molecule has 0 saturated carbocycles. The molecule has 2 aromatic carbocycles. The minimum atomic E-state index is -0.339. The summed E-state index contributed by atoms with van der Waals surface area (Å²) >= 11 is 0. The molecule has 3 aromatic rings. The lowest BCUT2D eigenvalue weighted by Gasteiger charge is -2.18. The molecule has 1 unspecified atom stereocenters. The minimum Gasteiger partial charge on any atom is -0.493 e. The van der Waals surface area contributed by atoms with Gasteiger partial charge in [-0.3, -0.25) is 24.3 Å². The van der Waals surface area contributed by atoms with Gasteiger partial charge in [0.1, 0.15) is 5.75 Å². The molecule has 7 nitrogen and oxygen atoms in total. The fourth-order valence-corrected chi connectivity index (χ4v) is 3.68. The zero-order valence-corrected chi connectivity index (χ0v) is 17.9. The van der Waals surface area contributed by atoms with Crippen molar-refractivity contribution >= 4 is 17.7 Å².